The lowest BCUT2D eigenvalue weighted by molar-refractivity contribution is -0.116. The molecule has 3 N–H and O–H groups in total. The topological polar surface area (TPSA) is 89.7 Å². The third kappa shape index (κ3) is 4.89. The Hall–Kier alpha value is -4.82. The molecule has 8 heteroatoms. The van der Waals surface area contributed by atoms with Gasteiger partial charge in [-0.3, -0.25) is 14.9 Å². The molecule has 1 amide bonds. The summed E-state index contributed by atoms with van der Waals surface area (Å²) < 4.78 is 14.2. The number of anilines is 1. The van der Waals surface area contributed by atoms with Crippen molar-refractivity contribution < 1.29 is 9.18 Å². The van der Waals surface area contributed by atoms with Gasteiger partial charge in [-0.2, -0.15) is 5.10 Å². The third-order valence-corrected chi connectivity index (χ3v) is 6.65. The summed E-state index contributed by atoms with van der Waals surface area (Å²) in [4.78, 5) is 21.9. The zero-order chi connectivity index (χ0) is 27.1. The van der Waals surface area contributed by atoms with Crippen LogP contribution in [0, 0.1) is 12.7 Å². The zero-order valence-electron chi connectivity index (χ0n) is 21.8. The fourth-order valence-electron chi connectivity index (χ4n) is 4.98. The molecule has 3 aromatic carbocycles. The van der Waals surface area contributed by atoms with Crippen molar-refractivity contribution in [3.8, 4) is 33.6 Å². The number of hydrogen-bond acceptors (Lipinski definition) is 4. The number of aromatic nitrogens is 4. The molecule has 0 bridgehead atoms. The van der Waals surface area contributed by atoms with Gasteiger partial charge in [0, 0.05) is 28.0 Å². The number of halogens is 1. The van der Waals surface area contributed by atoms with E-state index in [-0.39, 0.29) is 11.7 Å². The first-order valence-electron chi connectivity index (χ1n) is 12.6. The van der Waals surface area contributed by atoms with E-state index < -0.39 is 0 Å². The zero-order valence-corrected chi connectivity index (χ0v) is 21.8. The van der Waals surface area contributed by atoms with Crippen LogP contribution in [0.5, 0.6) is 0 Å². The van der Waals surface area contributed by atoms with Crippen LogP contribution in [-0.4, -0.2) is 51.6 Å². The van der Waals surface area contributed by atoms with Gasteiger partial charge in [-0.25, -0.2) is 4.39 Å². The van der Waals surface area contributed by atoms with Crippen LogP contribution >= 0.6 is 0 Å². The summed E-state index contributed by atoms with van der Waals surface area (Å²) in [6, 6.07) is 21.1. The summed E-state index contributed by atoms with van der Waals surface area (Å²) in [5, 5.41) is 12.6. The molecule has 0 saturated heterocycles. The SMILES string of the molecule is Cc1cc(F)cc(-c2cccc3[nH]c(-c4n[nH]c5ccc(-c6cncc(NC(=O)CN(C)C)c6)cc45)cc23)c1. The molecule has 0 aliphatic carbocycles. The Kier molecular flexibility index (Phi) is 6.17. The monoisotopic (exact) mass is 518 g/mol. The van der Waals surface area contributed by atoms with Crippen molar-refractivity contribution in [3.63, 3.8) is 0 Å². The fraction of sp³-hybridized carbons (Fsp3) is 0.129. The second-order valence-electron chi connectivity index (χ2n) is 10.0. The molecule has 3 aromatic heterocycles. The molecule has 0 atom stereocenters. The van der Waals surface area contributed by atoms with Crippen molar-refractivity contribution in [2.24, 2.45) is 0 Å². The molecule has 0 saturated carbocycles. The summed E-state index contributed by atoms with van der Waals surface area (Å²) in [6.07, 6.45) is 3.42. The maximum absolute atomic E-state index is 14.2. The third-order valence-electron chi connectivity index (χ3n) is 6.65. The predicted molar refractivity (Wildman–Crippen MR) is 154 cm³/mol. The van der Waals surface area contributed by atoms with Gasteiger partial charge in [-0.15, -0.1) is 0 Å². The molecule has 6 rings (SSSR count). The van der Waals surface area contributed by atoms with Gasteiger partial charge in [0.15, 0.2) is 0 Å². The molecule has 39 heavy (non-hydrogen) atoms. The number of aryl methyl sites for hydroxylation is 1. The van der Waals surface area contributed by atoms with Crippen molar-refractivity contribution in [2.75, 3.05) is 26.0 Å². The van der Waals surface area contributed by atoms with E-state index in [1.54, 1.807) is 18.5 Å². The number of likely N-dealkylation sites (N-methyl/N-ethyl adjacent to an activating group) is 1. The van der Waals surface area contributed by atoms with Crippen LogP contribution in [0.15, 0.2) is 79.1 Å². The van der Waals surface area contributed by atoms with E-state index in [0.29, 0.717) is 12.2 Å². The smallest absolute Gasteiger partial charge is 0.238 e. The van der Waals surface area contributed by atoms with E-state index in [9.17, 15) is 9.18 Å². The van der Waals surface area contributed by atoms with E-state index in [0.717, 1.165) is 61.0 Å². The molecule has 0 aliphatic heterocycles. The standard InChI is InChI=1S/C31H27FN6O/c1-18-9-20(11-22(32)10-18)24-5-4-6-27-25(24)14-29(35-27)31-26-13-19(7-8-28(26)36-37-31)21-12-23(16-33-15-21)34-30(39)17-38(2)3/h4-16,35H,17H2,1-3H3,(H,34,39)(H,36,37). The number of carbonyl (C=O) groups is 1. The van der Waals surface area contributed by atoms with Gasteiger partial charge in [0.1, 0.15) is 11.5 Å². The fourth-order valence-corrected chi connectivity index (χ4v) is 4.98. The van der Waals surface area contributed by atoms with Crippen LogP contribution in [0.4, 0.5) is 10.1 Å². The van der Waals surface area contributed by atoms with E-state index in [1.165, 1.54) is 6.07 Å². The van der Waals surface area contributed by atoms with E-state index in [2.05, 4.69) is 37.6 Å². The first-order valence-corrected chi connectivity index (χ1v) is 12.6. The summed E-state index contributed by atoms with van der Waals surface area (Å²) in [6.45, 7) is 2.19. The number of fused-ring (bicyclic) bond motifs is 2. The minimum absolute atomic E-state index is 0.0990. The highest BCUT2D eigenvalue weighted by Crippen LogP contribution is 2.36. The van der Waals surface area contributed by atoms with Gasteiger partial charge in [-0.1, -0.05) is 24.3 Å². The predicted octanol–water partition coefficient (Wildman–Crippen LogP) is 6.39. The van der Waals surface area contributed by atoms with Crippen molar-refractivity contribution in [1.29, 1.82) is 0 Å². The average Bonchev–Trinajstić information content (AvgIpc) is 3.51. The Bertz CT molecular complexity index is 1830. The Morgan fingerprint density at radius 1 is 0.923 bits per heavy atom. The first-order chi connectivity index (χ1) is 18.8. The second kappa shape index (κ2) is 9.81. The summed E-state index contributed by atoms with van der Waals surface area (Å²) in [5.41, 5.74) is 8.63. The first kappa shape index (κ1) is 24.5. The van der Waals surface area contributed by atoms with E-state index >= 15 is 0 Å². The van der Waals surface area contributed by atoms with Crippen LogP contribution in [0.25, 0.3) is 55.4 Å². The van der Waals surface area contributed by atoms with Gasteiger partial charge in [0.05, 0.1) is 29.6 Å². The maximum atomic E-state index is 14.2. The van der Waals surface area contributed by atoms with Crippen molar-refractivity contribution in [2.45, 2.75) is 6.92 Å². The molecule has 194 valence electrons. The van der Waals surface area contributed by atoms with Crippen LogP contribution in [0.1, 0.15) is 5.56 Å². The number of H-pyrrole nitrogens is 2. The molecule has 6 aromatic rings. The Morgan fingerprint density at radius 3 is 2.62 bits per heavy atom. The molecule has 0 radical (unpaired) electrons. The van der Waals surface area contributed by atoms with Crippen LogP contribution < -0.4 is 5.32 Å². The molecule has 3 heterocycles. The van der Waals surface area contributed by atoms with Gasteiger partial charge in [-0.05, 0) is 85.7 Å². The lowest BCUT2D eigenvalue weighted by Gasteiger charge is -2.11. The number of carbonyl (C=O) groups excluding carboxylic acids is 1. The minimum Gasteiger partial charge on any atom is -0.353 e. The minimum atomic E-state index is -0.251. The van der Waals surface area contributed by atoms with E-state index in [1.807, 2.05) is 68.4 Å². The Morgan fingerprint density at radius 2 is 1.79 bits per heavy atom. The van der Waals surface area contributed by atoms with Gasteiger partial charge in [0.25, 0.3) is 0 Å². The lowest BCUT2D eigenvalue weighted by atomic mass is 9.99. The van der Waals surface area contributed by atoms with Gasteiger partial charge in [0.2, 0.25) is 5.91 Å². The van der Waals surface area contributed by atoms with Gasteiger partial charge < -0.3 is 15.2 Å². The Balaban J connectivity index is 1.39. The number of rotatable bonds is 6. The molecule has 0 fully saturated rings. The number of amides is 1. The highest BCUT2D eigenvalue weighted by molar-refractivity contribution is 6.02. The number of hydrogen-bond donors (Lipinski definition) is 3. The molecular weight excluding hydrogens is 491 g/mol. The number of nitrogens with one attached hydrogen (secondary N) is 3. The number of pyridine rings is 1. The van der Waals surface area contributed by atoms with Gasteiger partial charge >= 0.3 is 0 Å². The van der Waals surface area contributed by atoms with Crippen molar-refractivity contribution in [1.82, 2.24) is 25.1 Å². The number of nitrogens with zero attached hydrogens (tertiary/aromatic N) is 3. The quantitative estimate of drug-likeness (QED) is 0.238. The summed E-state index contributed by atoms with van der Waals surface area (Å²) >= 11 is 0. The summed E-state index contributed by atoms with van der Waals surface area (Å²) in [7, 11) is 3.70. The summed E-state index contributed by atoms with van der Waals surface area (Å²) in [5.74, 6) is -0.350. The molecule has 0 unspecified atom stereocenters. The molecule has 0 aliphatic rings. The van der Waals surface area contributed by atoms with Crippen LogP contribution in [0.2, 0.25) is 0 Å². The second-order valence-corrected chi connectivity index (χ2v) is 10.0. The highest BCUT2D eigenvalue weighted by atomic mass is 19.1. The maximum Gasteiger partial charge on any atom is 0.238 e. The van der Waals surface area contributed by atoms with Crippen molar-refractivity contribution >= 4 is 33.4 Å². The largest absolute Gasteiger partial charge is 0.353 e. The highest BCUT2D eigenvalue weighted by Gasteiger charge is 2.15. The van der Waals surface area contributed by atoms with Crippen LogP contribution in [-0.2, 0) is 4.79 Å². The van der Waals surface area contributed by atoms with Crippen LogP contribution in [0.3, 0.4) is 0 Å². The average molecular weight is 519 g/mol. The number of benzene rings is 3. The van der Waals surface area contributed by atoms with Crippen molar-refractivity contribution in [3.05, 3.63) is 90.5 Å². The van der Waals surface area contributed by atoms with E-state index in [4.69, 9.17) is 0 Å². The molecular formula is C31H27FN6O. The normalized spacial score (nSPS) is 11.5. The lowest BCUT2D eigenvalue weighted by Crippen LogP contribution is -2.27. The Labute approximate surface area is 224 Å². The molecule has 0 spiro atoms. The molecule has 7 nitrogen and oxygen atoms in total. The number of aromatic amines is 2.